The molecule has 0 radical (unpaired) electrons. The first-order valence-corrected chi connectivity index (χ1v) is 13.6. The highest BCUT2D eigenvalue weighted by atomic mass is 35.5. The van der Waals surface area contributed by atoms with Gasteiger partial charge in [0.15, 0.2) is 11.6 Å². The third-order valence-corrected chi connectivity index (χ3v) is 6.13. The average molecular weight is 602 g/mol. The van der Waals surface area contributed by atoms with E-state index in [1.807, 2.05) is 14.1 Å². The van der Waals surface area contributed by atoms with Crippen molar-refractivity contribution in [1.29, 1.82) is 0 Å². The summed E-state index contributed by atoms with van der Waals surface area (Å²) in [6, 6.07) is 5.01. The van der Waals surface area contributed by atoms with Crippen LogP contribution in [0.1, 0.15) is 38.5 Å². The van der Waals surface area contributed by atoms with Crippen molar-refractivity contribution >= 4 is 58.3 Å². The number of likely N-dealkylation sites (N-methyl/N-ethyl adjacent to an activating group) is 1. The molecule has 0 amide bonds. The van der Waals surface area contributed by atoms with E-state index >= 15 is 0 Å². The minimum absolute atomic E-state index is 0.000000000000000444. The maximum Gasteiger partial charge on any atom is 0.233 e. The number of hydrogen-bond acceptors (Lipinski definition) is 11. The van der Waals surface area contributed by atoms with E-state index in [0.717, 1.165) is 19.4 Å². The molecule has 39 heavy (non-hydrogen) atoms. The molecule has 0 saturated heterocycles. The molecule has 3 aromatic rings. The third kappa shape index (κ3) is 11.1. The largest absolute Gasteiger partial charge is 0.494 e. The van der Waals surface area contributed by atoms with Crippen molar-refractivity contribution in [2.45, 2.75) is 44.6 Å². The van der Waals surface area contributed by atoms with Crippen molar-refractivity contribution in [2.24, 2.45) is 0 Å². The van der Waals surface area contributed by atoms with Crippen LogP contribution < -0.4 is 20.7 Å². The lowest BCUT2D eigenvalue weighted by molar-refractivity contribution is 0.386. The minimum Gasteiger partial charge on any atom is -0.494 e. The van der Waals surface area contributed by atoms with Gasteiger partial charge in [0.1, 0.15) is 0 Å². The molecular formula is C24H32Cl3FN10O. The summed E-state index contributed by atoms with van der Waals surface area (Å²) < 4.78 is 19.0. The summed E-state index contributed by atoms with van der Waals surface area (Å²) in [6.45, 7) is 1.56. The predicted molar refractivity (Wildman–Crippen MR) is 153 cm³/mol. The molecule has 1 fully saturated rings. The Bertz CT molecular complexity index is 1150. The van der Waals surface area contributed by atoms with Gasteiger partial charge in [0.05, 0.1) is 7.11 Å². The van der Waals surface area contributed by atoms with E-state index in [-0.39, 0.29) is 21.6 Å². The van der Waals surface area contributed by atoms with Crippen LogP contribution >= 0.6 is 34.8 Å². The van der Waals surface area contributed by atoms with Gasteiger partial charge in [-0.2, -0.15) is 29.9 Å². The molecule has 11 nitrogen and oxygen atoms in total. The normalized spacial score (nSPS) is 13.7. The second-order valence-corrected chi connectivity index (χ2v) is 10.0. The Hall–Kier alpha value is -2.80. The number of methoxy groups -OCH3 is 1. The quantitative estimate of drug-likeness (QED) is 0.261. The summed E-state index contributed by atoms with van der Waals surface area (Å²) in [6.07, 6.45) is 7.22. The summed E-state index contributed by atoms with van der Waals surface area (Å²) >= 11 is 16.0. The average Bonchev–Trinajstić information content (AvgIpc) is 3.12. The van der Waals surface area contributed by atoms with Gasteiger partial charge in [-0.1, -0.05) is 25.7 Å². The highest BCUT2D eigenvalue weighted by Gasteiger charge is 2.15. The van der Waals surface area contributed by atoms with Gasteiger partial charge in [-0.3, -0.25) is 0 Å². The Balaban J connectivity index is 0.000000395. The molecule has 1 aliphatic carbocycles. The van der Waals surface area contributed by atoms with Crippen molar-refractivity contribution in [3.63, 3.8) is 0 Å². The fourth-order valence-electron chi connectivity index (χ4n) is 3.75. The molecule has 1 saturated carbocycles. The summed E-state index contributed by atoms with van der Waals surface area (Å²) in [5.41, 5.74) is 0.541. The van der Waals surface area contributed by atoms with E-state index in [1.165, 1.54) is 38.9 Å². The van der Waals surface area contributed by atoms with Crippen LogP contribution in [0.3, 0.4) is 0 Å². The molecule has 1 aliphatic rings. The van der Waals surface area contributed by atoms with Crippen molar-refractivity contribution in [1.82, 2.24) is 34.8 Å². The fourth-order valence-corrected chi connectivity index (χ4v) is 4.36. The SMILES string of the molecule is COc1ccc(Nc2nc(NCCN(C)C)nc(NC3CCCCCC3)n2)cc1F.Clc1nc(Cl)nc(Cl)n1. The number of ether oxygens (including phenoxy) is 1. The lowest BCUT2D eigenvalue weighted by Crippen LogP contribution is -2.23. The molecule has 0 aliphatic heterocycles. The van der Waals surface area contributed by atoms with E-state index in [1.54, 1.807) is 12.1 Å². The van der Waals surface area contributed by atoms with Crippen LogP contribution in [-0.4, -0.2) is 75.1 Å². The maximum absolute atomic E-state index is 14.1. The third-order valence-electron chi connectivity index (χ3n) is 5.63. The molecule has 1 aromatic carbocycles. The summed E-state index contributed by atoms with van der Waals surface area (Å²) in [5, 5.41) is 9.79. The first-order chi connectivity index (χ1) is 18.7. The Morgan fingerprint density at radius 1 is 0.872 bits per heavy atom. The molecule has 0 bridgehead atoms. The van der Waals surface area contributed by atoms with Crippen LogP contribution in [0.25, 0.3) is 0 Å². The van der Waals surface area contributed by atoms with E-state index < -0.39 is 5.82 Å². The minimum atomic E-state index is -0.447. The Kier molecular flexibility index (Phi) is 12.4. The number of nitrogens with zero attached hydrogens (tertiary/aromatic N) is 7. The zero-order valence-corrected chi connectivity index (χ0v) is 24.3. The zero-order chi connectivity index (χ0) is 28.2. The van der Waals surface area contributed by atoms with Crippen molar-refractivity contribution in [2.75, 3.05) is 50.2 Å². The second-order valence-electron chi connectivity index (χ2n) is 8.99. The zero-order valence-electron chi connectivity index (χ0n) is 22.0. The van der Waals surface area contributed by atoms with Crippen LogP contribution in [-0.2, 0) is 0 Å². The van der Waals surface area contributed by atoms with Gasteiger partial charge < -0.3 is 25.6 Å². The number of nitrogens with one attached hydrogen (secondary N) is 3. The van der Waals surface area contributed by atoms with E-state index in [0.29, 0.717) is 36.1 Å². The molecule has 2 aromatic heterocycles. The maximum atomic E-state index is 14.1. The molecule has 4 rings (SSSR count). The molecule has 3 N–H and O–H groups in total. The van der Waals surface area contributed by atoms with Gasteiger partial charge in [0.25, 0.3) is 0 Å². The highest BCUT2D eigenvalue weighted by molar-refractivity contribution is 6.33. The Morgan fingerprint density at radius 2 is 1.46 bits per heavy atom. The van der Waals surface area contributed by atoms with Crippen LogP contribution in [0, 0.1) is 5.82 Å². The van der Waals surface area contributed by atoms with Crippen LogP contribution in [0.4, 0.5) is 27.9 Å². The van der Waals surface area contributed by atoms with Crippen molar-refractivity contribution in [3.8, 4) is 5.75 Å². The van der Waals surface area contributed by atoms with Crippen molar-refractivity contribution in [3.05, 3.63) is 39.9 Å². The van der Waals surface area contributed by atoms with Crippen LogP contribution in [0.15, 0.2) is 18.2 Å². The highest BCUT2D eigenvalue weighted by Crippen LogP contribution is 2.24. The van der Waals surface area contributed by atoms with Gasteiger partial charge in [-0.15, -0.1) is 0 Å². The molecule has 0 spiro atoms. The number of aromatic nitrogens is 6. The van der Waals surface area contributed by atoms with E-state index in [2.05, 4.69) is 50.8 Å². The van der Waals surface area contributed by atoms with Crippen LogP contribution in [0.2, 0.25) is 15.9 Å². The van der Waals surface area contributed by atoms with Gasteiger partial charge in [0, 0.05) is 30.9 Å². The van der Waals surface area contributed by atoms with Gasteiger partial charge in [-0.05, 0) is 73.9 Å². The number of benzene rings is 1. The summed E-state index contributed by atoms with van der Waals surface area (Å²) in [4.78, 5) is 26.0. The lowest BCUT2D eigenvalue weighted by atomic mass is 10.1. The fraction of sp³-hybridized carbons (Fsp3) is 0.500. The Labute approximate surface area is 242 Å². The molecule has 15 heteroatoms. The number of hydrogen-bond donors (Lipinski definition) is 3. The Morgan fingerprint density at radius 3 is 2.03 bits per heavy atom. The monoisotopic (exact) mass is 600 g/mol. The predicted octanol–water partition coefficient (Wildman–Crippen LogP) is 5.70. The molecule has 0 atom stereocenters. The van der Waals surface area contributed by atoms with Crippen molar-refractivity contribution < 1.29 is 9.13 Å². The van der Waals surface area contributed by atoms with E-state index in [4.69, 9.17) is 39.5 Å². The molecule has 2 heterocycles. The number of halogens is 4. The van der Waals surface area contributed by atoms with Crippen LogP contribution in [0.5, 0.6) is 5.75 Å². The van der Waals surface area contributed by atoms with Gasteiger partial charge in [0.2, 0.25) is 33.7 Å². The number of rotatable bonds is 9. The smallest absolute Gasteiger partial charge is 0.233 e. The van der Waals surface area contributed by atoms with Gasteiger partial charge >= 0.3 is 0 Å². The molecular weight excluding hydrogens is 570 g/mol. The first kappa shape index (κ1) is 30.7. The topological polar surface area (TPSA) is 126 Å². The van der Waals surface area contributed by atoms with E-state index in [9.17, 15) is 4.39 Å². The second kappa shape index (κ2) is 15.7. The number of anilines is 4. The standard InChI is InChI=1S/C21H32FN7O.C3Cl3N3/c1-29(2)13-12-23-19-26-20(24-15-8-6-4-5-7-9-15)28-21(27-19)25-16-10-11-18(30-3)17(22)14-16;4-1-7-2(5)9-3(6)8-1/h10-11,14-15H,4-9,12-13H2,1-3H3,(H3,23,24,25,26,27,28);. The molecule has 0 unspecified atom stereocenters. The van der Waals surface area contributed by atoms with Gasteiger partial charge in [-0.25, -0.2) is 4.39 Å². The molecule has 212 valence electrons. The first-order valence-electron chi connectivity index (χ1n) is 12.5. The summed E-state index contributed by atoms with van der Waals surface area (Å²) in [5.74, 6) is 1.12. The summed E-state index contributed by atoms with van der Waals surface area (Å²) in [7, 11) is 5.47. The lowest BCUT2D eigenvalue weighted by Gasteiger charge is -2.18.